The standard InChI is InChI=1S/C17H28N6O2.ClH/c18-7-2-9-23-15-6-10-21(11-14(15)4-5-17(23)25)16(24)3-1-8-22-13-19-12-20-22;/h12-15H,1-11,18H2;1H/t14-,15+;/m0./s1. The minimum absolute atomic E-state index is 0. The highest BCUT2D eigenvalue weighted by molar-refractivity contribution is 5.85. The second-order valence-corrected chi connectivity index (χ2v) is 6.99. The Morgan fingerprint density at radius 2 is 2.12 bits per heavy atom. The Balaban J connectivity index is 0.00000243. The normalized spacial score (nSPS) is 22.7. The Kier molecular flexibility index (Phi) is 7.84. The number of piperidine rings is 2. The van der Waals surface area contributed by atoms with Crippen molar-refractivity contribution >= 4 is 24.2 Å². The van der Waals surface area contributed by atoms with Crippen LogP contribution in [0.4, 0.5) is 0 Å². The van der Waals surface area contributed by atoms with Crippen molar-refractivity contribution in [3.8, 4) is 0 Å². The van der Waals surface area contributed by atoms with Gasteiger partial charge in [-0.2, -0.15) is 5.10 Å². The van der Waals surface area contributed by atoms with Crippen LogP contribution in [0.15, 0.2) is 12.7 Å². The summed E-state index contributed by atoms with van der Waals surface area (Å²) in [5, 5.41) is 4.05. The summed E-state index contributed by atoms with van der Waals surface area (Å²) in [6.45, 7) is 3.60. The van der Waals surface area contributed by atoms with Crippen molar-refractivity contribution in [1.82, 2.24) is 24.6 Å². The van der Waals surface area contributed by atoms with Gasteiger partial charge in [-0.15, -0.1) is 12.4 Å². The molecule has 0 unspecified atom stereocenters. The molecule has 8 nitrogen and oxygen atoms in total. The van der Waals surface area contributed by atoms with Crippen LogP contribution in [0.5, 0.6) is 0 Å². The highest BCUT2D eigenvalue weighted by Crippen LogP contribution is 2.31. The molecule has 26 heavy (non-hydrogen) atoms. The lowest BCUT2D eigenvalue weighted by molar-refractivity contribution is -0.144. The zero-order valence-corrected chi connectivity index (χ0v) is 15.9. The molecule has 2 saturated heterocycles. The molecule has 0 radical (unpaired) electrons. The molecule has 146 valence electrons. The average molecular weight is 385 g/mol. The zero-order chi connectivity index (χ0) is 17.6. The molecule has 0 aromatic carbocycles. The van der Waals surface area contributed by atoms with Crippen molar-refractivity contribution in [3.63, 3.8) is 0 Å². The Hall–Kier alpha value is -1.67. The van der Waals surface area contributed by atoms with Gasteiger partial charge in [-0.25, -0.2) is 4.98 Å². The quantitative estimate of drug-likeness (QED) is 0.745. The van der Waals surface area contributed by atoms with E-state index in [0.29, 0.717) is 31.8 Å². The SMILES string of the molecule is Cl.NCCCN1C(=O)CC[C@H]2CN(C(=O)CCCn3cncn3)CC[C@H]21. The molecule has 2 fully saturated rings. The molecule has 2 amide bonds. The number of rotatable bonds is 7. The highest BCUT2D eigenvalue weighted by Gasteiger charge is 2.39. The van der Waals surface area contributed by atoms with Crippen LogP contribution >= 0.6 is 12.4 Å². The molecule has 0 bridgehead atoms. The van der Waals surface area contributed by atoms with Crippen molar-refractivity contribution < 1.29 is 9.59 Å². The molecule has 2 N–H and O–H groups in total. The Morgan fingerprint density at radius 1 is 1.27 bits per heavy atom. The van der Waals surface area contributed by atoms with Crippen LogP contribution < -0.4 is 5.73 Å². The lowest BCUT2D eigenvalue weighted by atomic mass is 9.83. The number of carbonyl (C=O) groups excluding carboxylic acids is 2. The summed E-state index contributed by atoms with van der Waals surface area (Å²) in [6.07, 6.45) is 7.71. The number of carbonyl (C=O) groups is 2. The number of nitrogens with zero attached hydrogens (tertiary/aromatic N) is 5. The third kappa shape index (κ3) is 4.94. The number of amides is 2. The molecule has 1 aromatic heterocycles. The molecular weight excluding hydrogens is 356 g/mol. The first kappa shape index (κ1) is 20.6. The number of hydrogen-bond donors (Lipinski definition) is 1. The predicted molar refractivity (Wildman–Crippen MR) is 99.6 cm³/mol. The van der Waals surface area contributed by atoms with Gasteiger partial charge >= 0.3 is 0 Å². The van der Waals surface area contributed by atoms with Gasteiger partial charge in [-0.05, 0) is 38.1 Å². The van der Waals surface area contributed by atoms with Crippen LogP contribution in [-0.4, -0.2) is 68.6 Å². The molecule has 2 aliphatic rings. The maximum atomic E-state index is 12.5. The lowest BCUT2D eigenvalue weighted by Crippen LogP contribution is -2.57. The largest absolute Gasteiger partial charge is 0.342 e. The van der Waals surface area contributed by atoms with E-state index >= 15 is 0 Å². The summed E-state index contributed by atoms with van der Waals surface area (Å²) in [6, 6.07) is 0.284. The molecule has 9 heteroatoms. The maximum Gasteiger partial charge on any atom is 0.222 e. The number of halogens is 1. The summed E-state index contributed by atoms with van der Waals surface area (Å²) in [4.78, 5) is 32.6. The number of aromatic nitrogens is 3. The number of fused-ring (bicyclic) bond motifs is 1. The molecule has 0 spiro atoms. The fraction of sp³-hybridized carbons (Fsp3) is 0.765. The van der Waals surface area contributed by atoms with Gasteiger partial charge in [-0.1, -0.05) is 0 Å². The van der Waals surface area contributed by atoms with Crippen molar-refractivity contribution in [2.24, 2.45) is 11.7 Å². The highest BCUT2D eigenvalue weighted by atomic mass is 35.5. The second-order valence-electron chi connectivity index (χ2n) is 6.99. The van der Waals surface area contributed by atoms with Crippen LogP contribution in [-0.2, 0) is 16.1 Å². The number of hydrogen-bond acceptors (Lipinski definition) is 5. The average Bonchev–Trinajstić information content (AvgIpc) is 3.14. The van der Waals surface area contributed by atoms with E-state index in [-0.39, 0.29) is 30.3 Å². The molecule has 0 aliphatic carbocycles. The van der Waals surface area contributed by atoms with Crippen LogP contribution in [0.1, 0.15) is 38.5 Å². The first-order valence-corrected chi connectivity index (χ1v) is 9.28. The molecule has 2 aliphatic heterocycles. The van der Waals surface area contributed by atoms with Crippen LogP contribution in [0.25, 0.3) is 0 Å². The van der Waals surface area contributed by atoms with E-state index in [2.05, 4.69) is 10.1 Å². The summed E-state index contributed by atoms with van der Waals surface area (Å²) in [7, 11) is 0. The fourth-order valence-corrected chi connectivity index (χ4v) is 4.03. The first-order chi connectivity index (χ1) is 12.2. The zero-order valence-electron chi connectivity index (χ0n) is 15.1. The Bertz CT molecular complexity index is 582. The van der Waals surface area contributed by atoms with Crippen molar-refractivity contribution in [1.29, 1.82) is 0 Å². The first-order valence-electron chi connectivity index (χ1n) is 9.28. The molecule has 3 heterocycles. The van der Waals surface area contributed by atoms with E-state index in [1.54, 1.807) is 11.0 Å². The van der Waals surface area contributed by atoms with E-state index in [1.807, 2.05) is 9.80 Å². The summed E-state index contributed by atoms with van der Waals surface area (Å²) in [5.74, 6) is 0.870. The topological polar surface area (TPSA) is 97.3 Å². The minimum atomic E-state index is 0. The van der Waals surface area contributed by atoms with Gasteiger partial charge in [0.25, 0.3) is 0 Å². The van der Waals surface area contributed by atoms with Crippen LogP contribution in [0.2, 0.25) is 0 Å². The third-order valence-corrected chi connectivity index (χ3v) is 5.34. The molecule has 0 saturated carbocycles. The third-order valence-electron chi connectivity index (χ3n) is 5.34. The monoisotopic (exact) mass is 384 g/mol. The molecule has 2 atom stereocenters. The maximum absolute atomic E-state index is 12.5. The van der Waals surface area contributed by atoms with E-state index in [9.17, 15) is 9.59 Å². The van der Waals surface area contributed by atoms with E-state index < -0.39 is 0 Å². The number of likely N-dealkylation sites (tertiary alicyclic amines) is 2. The minimum Gasteiger partial charge on any atom is -0.342 e. The Morgan fingerprint density at radius 3 is 2.85 bits per heavy atom. The van der Waals surface area contributed by atoms with Crippen LogP contribution in [0.3, 0.4) is 0 Å². The predicted octanol–water partition coefficient (Wildman–Crippen LogP) is 0.668. The van der Waals surface area contributed by atoms with Gasteiger partial charge in [0.2, 0.25) is 11.8 Å². The summed E-state index contributed by atoms with van der Waals surface area (Å²) < 4.78 is 1.75. The molecular formula is C17H29ClN6O2. The van der Waals surface area contributed by atoms with Gasteiger partial charge in [0.15, 0.2) is 0 Å². The van der Waals surface area contributed by atoms with Crippen molar-refractivity contribution in [2.45, 2.75) is 51.1 Å². The second kappa shape index (κ2) is 9.87. The number of aryl methyl sites for hydroxylation is 1. The van der Waals surface area contributed by atoms with E-state index in [0.717, 1.165) is 45.3 Å². The van der Waals surface area contributed by atoms with Crippen molar-refractivity contribution in [3.05, 3.63) is 12.7 Å². The lowest BCUT2D eigenvalue weighted by Gasteiger charge is -2.47. The van der Waals surface area contributed by atoms with Crippen molar-refractivity contribution in [2.75, 3.05) is 26.2 Å². The van der Waals surface area contributed by atoms with Gasteiger partial charge in [-0.3, -0.25) is 14.3 Å². The van der Waals surface area contributed by atoms with E-state index in [4.69, 9.17) is 5.73 Å². The van der Waals surface area contributed by atoms with Gasteiger partial charge < -0.3 is 15.5 Å². The summed E-state index contributed by atoms with van der Waals surface area (Å²) in [5.41, 5.74) is 5.60. The Labute approximate surface area is 160 Å². The number of nitrogens with two attached hydrogens (primary N) is 1. The summed E-state index contributed by atoms with van der Waals surface area (Å²) >= 11 is 0. The van der Waals surface area contributed by atoms with E-state index in [1.165, 1.54) is 6.33 Å². The fourth-order valence-electron chi connectivity index (χ4n) is 4.03. The van der Waals surface area contributed by atoms with Gasteiger partial charge in [0.05, 0.1) is 0 Å². The molecule has 3 rings (SSSR count). The van der Waals surface area contributed by atoms with Gasteiger partial charge in [0, 0.05) is 45.1 Å². The smallest absolute Gasteiger partial charge is 0.222 e. The molecule has 1 aromatic rings. The van der Waals surface area contributed by atoms with Gasteiger partial charge in [0.1, 0.15) is 12.7 Å². The van der Waals surface area contributed by atoms with Crippen LogP contribution in [0, 0.1) is 5.92 Å².